The van der Waals surface area contributed by atoms with Crippen LogP contribution in [0.25, 0.3) is 0 Å². The minimum atomic E-state index is -0.476. The molecule has 2 amide bonds. The Morgan fingerprint density at radius 2 is 1.88 bits per heavy atom. The van der Waals surface area contributed by atoms with Crippen molar-refractivity contribution in [3.8, 4) is 5.75 Å². The van der Waals surface area contributed by atoms with Crippen LogP contribution in [0.1, 0.15) is 6.92 Å². The summed E-state index contributed by atoms with van der Waals surface area (Å²) in [4.78, 5) is 27.8. The smallest absolute Gasteiger partial charge is 0.239 e. The number of carbonyl (C=O) groups is 2. The Morgan fingerprint density at radius 1 is 1.25 bits per heavy atom. The van der Waals surface area contributed by atoms with Gasteiger partial charge in [0.15, 0.2) is 0 Å². The van der Waals surface area contributed by atoms with E-state index in [2.05, 4.69) is 5.32 Å². The number of rotatable bonds is 5. The van der Waals surface area contributed by atoms with Crippen LogP contribution >= 0.6 is 12.4 Å². The fourth-order valence-corrected chi connectivity index (χ4v) is 2.56. The number of carbonyl (C=O) groups excluding carboxylic acids is 2. The number of piperazine rings is 1. The number of hydrogen-bond acceptors (Lipinski definition) is 5. The third-order valence-corrected chi connectivity index (χ3v) is 3.82. The normalized spacial score (nSPS) is 16.0. The van der Waals surface area contributed by atoms with Crippen molar-refractivity contribution >= 4 is 29.9 Å². The highest BCUT2D eigenvalue weighted by Crippen LogP contribution is 2.22. The van der Waals surface area contributed by atoms with Gasteiger partial charge in [0.1, 0.15) is 5.75 Å². The largest absolute Gasteiger partial charge is 0.495 e. The van der Waals surface area contributed by atoms with Crippen molar-refractivity contribution in [1.29, 1.82) is 0 Å². The van der Waals surface area contributed by atoms with E-state index in [1.54, 1.807) is 31.1 Å². The number of nitrogens with two attached hydrogens (primary N) is 1. The Labute approximate surface area is 148 Å². The molecule has 3 N–H and O–H groups in total. The number of para-hydroxylation sites is 2. The molecule has 1 aliphatic rings. The highest BCUT2D eigenvalue weighted by Gasteiger charge is 2.24. The molecule has 1 heterocycles. The van der Waals surface area contributed by atoms with Crippen molar-refractivity contribution < 1.29 is 14.3 Å². The highest BCUT2D eigenvalue weighted by molar-refractivity contribution is 5.93. The second kappa shape index (κ2) is 9.46. The highest BCUT2D eigenvalue weighted by atomic mass is 35.5. The predicted molar refractivity (Wildman–Crippen MR) is 95.5 cm³/mol. The molecule has 1 atom stereocenters. The number of hydrogen-bond donors (Lipinski definition) is 2. The van der Waals surface area contributed by atoms with Crippen LogP contribution < -0.4 is 15.8 Å². The zero-order valence-electron chi connectivity index (χ0n) is 14.0. The van der Waals surface area contributed by atoms with Crippen LogP contribution in [0.2, 0.25) is 0 Å². The Morgan fingerprint density at radius 3 is 2.46 bits per heavy atom. The van der Waals surface area contributed by atoms with Crippen LogP contribution in [-0.4, -0.2) is 67.5 Å². The molecule has 0 aliphatic carbocycles. The number of halogens is 1. The lowest BCUT2D eigenvalue weighted by Gasteiger charge is -2.35. The first-order chi connectivity index (χ1) is 11.0. The number of nitrogens with zero attached hydrogens (tertiary/aromatic N) is 2. The summed E-state index contributed by atoms with van der Waals surface area (Å²) in [5.41, 5.74) is 6.27. The number of benzene rings is 1. The maximum atomic E-state index is 12.2. The molecule has 0 radical (unpaired) electrons. The van der Waals surface area contributed by atoms with Gasteiger partial charge in [-0.15, -0.1) is 12.4 Å². The summed E-state index contributed by atoms with van der Waals surface area (Å²) in [6.07, 6.45) is 0. The van der Waals surface area contributed by atoms with Gasteiger partial charge in [0.2, 0.25) is 11.8 Å². The molecule has 24 heavy (non-hydrogen) atoms. The Bertz CT molecular complexity index is 560. The molecule has 0 saturated carbocycles. The molecule has 1 aliphatic heterocycles. The SMILES string of the molecule is COc1ccccc1NC(=O)CN1CCN(C(=O)C(C)N)CC1.Cl. The van der Waals surface area contributed by atoms with E-state index in [4.69, 9.17) is 10.5 Å². The number of nitrogens with one attached hydrogen (secondary N) is 1. The molecule has 0 spiro atoms. The van der Waals surface area contributed by atoms with E-state index < -0.39 is 6.04 Å². The first-order valence-corrected chi connectivity index (χ1v) is 7.71. The van der Waals surface area contributed by atoms with E-state index in [0.29, 0.717) is 37.6 Å². The lowest BCUT2D eigenvalue weighted by atomic mass is 10.2. The standard InChI is InChI=1S/C16H24N4O3.ClH/c1-12(17)16(22)20-9-7-19(8-10-20)11-15(21)18-13-5-3-4-6-14(13)23-2;/h3-6,12H,7-11,17H2,1-2H3,(H,18,21);1H. The van der Waals surface area contributed by atoms with Crippen molar-refractivity contribution in [2.24, 2.45) is 5.73 Å². The molecule has 0 aromatic heterocycles. The van der Waals surface area contributed by atoms with Crippen LogP contribution in [0.15, 0.2) is 24.3 Å². The zero-order valence-corrected chi connectivity index (χ0v) is 14.8. The molecule has 2 rings (SSSR count). The third-order valence-electron chi connectivity index (χ3n) is 3.82. The molecule has 1 aromatic rings. The first-order valence-electron chi connectivity index (χ1n) is 7.71. The van der Waals surface area contributed by atoms with Gasteiger partial charge in [-0.25, -0.2) is 0 Å². The second-order valence-corrected chi connectivity index (χ2v) is 5.64. The number of anilines is 1. The maximum absolute atomic E-state index is 12.2. The summed E-state index contributed by atoms with van der Waals surface area (Å²) >= 11 is 0. The number of ether oxygens (including phenoxy) is 1. The molecule has 1 fully saturated rings. The summed E-state index contributed by atoms with van der Waals surface area (Å²) in [6.45, 7) is 4.51. The van der Waals surface area contributed by atoms with Gasteiger partial charge in [-0.3, -0.25) is 14.5 Å². The minimum Gasteiger partial charge on any atom is -0.495 e. The molecule has 1 saturated heterocycles. The van der Waals surface area contributed by atoms with Crippen LogP contribution in [0.5, 0.6) is 5.75 Å². The van der Waals surface area contributed by atoms with Gasteiger partial charge in [-0.2, -0.15) is 0 Å². The van der Waals surface area contributed by atoms with Crippen molar-refractivity contribution in [3.63, 3.8) is 0 Å². The van der Waals surface area contributed by atoms with Crippen LogP contribution in [-0.2, 0) is 9.59 Å². The van der Waals surface area contributed by atoms with Crippen molar-refractivity contribution in [3.05, 3.63) is 24.3 Å². The fraction of sp³-hybridized carbons (Fsp3) is 0.500. The topological polar surface area (TPSA) is 87.9 Å². The van der Waals surface area contributed by atoms with E-state index in [1.165, 1.54) is 0 Å². The van der Waals surface area contributed by atoms with Gasteiger partial charge in [-0.05, 0) is 19.1 Å². The van der Waals surface area contributed by atoms with E-state index in [1.807, 2.05) is 17.0 Å². The van der Waals surface area contributed by atoms with Crippen molar-refractivity contribution in [1.82, 2.24) is 9.80 Å². The van der Waals surface area contributed by atoms with Crippen molar-refractivity contribution in [2.75, 3.05) is 45.2 Å². The fourth-order valence-electron chi connectivity index (χ4n) is 2.56. The number of amides is 2. The number of methoxy groups -OCH3 is 1. The Balaban J connectivity index is 0.00000288. The molecule has 7 nitrogen and oxygen atoms in total. The average molecular weight is 357 g/mol. The molecular formula is C16H25ClN4O3. The third kappa shape index (κ3) is 5.36. The van der Waals surface area contributed by atoms with Gasteiger partial charge >= 0.3 is 0 Å². The summed E-state index contributed by atoms with van der Waals surface area (Å²) in [5.74, 6) is 0.498. The molecule has 134 valence electrons. The van der Waals surface area contributed by atoms with Crippen LogP contribution in [0.4, 0.5) is 5.69 Å². The summed E-state index contributed by atoms with van der Waals surface area (Å²) in [6, 6.07) is 6.82. The quantitative estimate of drug-likeness (QED) is 0.804. The van der Waals surface area contributed by atoms with E-state index in [-0.39, 0.29) is 30.8 Å². The summed E-state index contributed by atoms with van der Waals surface area (Å²) < 4.78 is 5.21. The van der Waals surface area contributed by atoms with Crippen molar-refractivity contribution in [2.45, 2.75) is 13.0 Å². The summed E-state index contributed by atoms with van der Waals surface area (Å²) in [5, 5.41) is 2.85. The van der Waals surface area contributed by atoms with Gasteiger partial charge in [0.05, 0.1) is 25.4 Å². The van der Waals surface area contributed by atoms with Gasteiger partial charge in [0.25, 0.3) is 0 Å². The molecule has 0 bridgehead atoms. The van der Waals surface area contributed by atoms with E-state index in [0.717, 1.165) is 0 Å². The lowest BCUT2D eigenvalue weighted by molar-refractivity contribution is -0.134. The predicted octanol–water partition coefficient (Wildman–Crippen LogP) is 0.547. The van der Waals surface area contributed by atoms with Crippen LogP contribution in [0, 0.1) is 0 Å². The van der Waals surface area contributed by atoms with Crippen LogP contribution in [0.3, 0.4) is 0 Å². The Kier molecular flexibility index (Phi) is 7.97. The Hall–Kier alpha value is -1.83. The molecule has 8 heteroatoms. The minimum absolute atomic E-state index is 0. The van der Waals surface area contributed by atoms with E-state index >= 15 is 0 Å². The van der Waals surface area contributed by atoms with Gasteiger partial charge in [-0.1, -0.05) is 12.1 Å². The van der Waals surface area contributed by atoms with Gasteiger partial charge < -0.3 is 20.7 Å². The zero-order chi connectivity index (χ0) is 16.8. The summed E-state index contributed by atoms with van der Waals surface area (Å²) in [7, 11) is 1.57. The molecule has 1 aromatic carbocycles. The average Bonchev–Trinajstić information content (AvgIpc) is 2.55. The van der Waals surface area contributed by atoms with Gasteiger partial charge in [0, 0.05) is 26.2 Å². The second-order valence-electron chi connectivity index (χ2n) is 5.64. The maximum Gasteiger partial charge on any atom is 0.239 e. The molecular weight excluding hydrogens is 332 g/mol. The first kappa shape index (κ1) is 20.2. The lowest BCUT2D eigenvalue weighted by Crippen LogP contribution is -2.53. The monoisotopic (exact) mass is 356 g/mol. The molecule has 1 unspecified atom stereocenters. The van der Waals surface area contributed by atoms with E-state index in [9.17, 15) is 9.59 Å².